The van der Waals surface area contributed by atoms with Crippen molar-refractivity contribution >= 4 is 46.7 Å². The number of hydrogen-bond donors (Lipinski definition) is 0. The molecule has 0 radical (unpaired) electrons. The van der Waals surface area contributed by atoms with E-state index in [0.29, 0.717) is 13.2 Å². The van der Waals surface area contributed by atoms with Crippen molar-refractivity contribution in [3.05, 3.63) is 36.4 Å². The highest BCUT2D eigenvalue weighted by Crippen LogP contribution is 2.44. The Kier molecular flexibility index (Phi) is 17.4. The molecule has 5 rings (SSSR count). The molecule has 3 aromatic rings. The van der Waals surface area contributed by atoms with Crippen LogP contribution in [0.3, 0.4) is 0 Å². The Morgan fingerprint density at radius 1 is 0.379 bits per heavy atom. The van der Waals surface area contributed by atoms with Crippen LogP contribution in [0, 0.1) is 0 Å². The van der Waals surface area contributed by atoms with Gasteiger partial charge in [0.2, 0.25) is 0 Å². The standard InChI is InChI=1S/C50H80B2O6/c1-11-13-15-17-19-21-23-25-27-29-35-53-45-41-33-31-40(52-57-49(7,8)50(9,10)58-52)38-44(41)46(54-36-30-28-26-24-22-20-18-16-14-12-2)42-34-32-39(37-43(42)45)51-55-47(3,4)48(5,6)56-51/h31-34,37-38H,11-30,35-36H2,1-10H3. The van der Waals surface area contributed by atoms with Gasteiger partial charge in [-0.25, -0.2) is 0 Å². The maximum absolute atomic E-state index is 6.90. The van der Waals surface area contributed by atoms with Crippen LogP contribution in [0.5, 0.6) is 11.5 Å². The molecule has 0 unspecified atom stereocenters. The molecule has 0 atom stereocenters. The zero-order chi connectivity index (χ0) is 41.8. The van der Waals surface area contributed by atoms with E-state index in [1.165, 1.54) is 116 Å². The van der Waals surface area contributed by atoms with Gasteiger partial charge in [-0.1, -0.05) is 166 Å². The number of unbranched alkanes of at least 4 members (excludes halogenated alkanes) is 18. The van der Waals surface area contributed by atoms with E-state index in [1.54, 1.807) is 0 Å². The molecule has 0 saturated carbocycles. The summed E-state index contributed by atoms with van der Waals surface area (Å²) in [5.74, 6) is 1.79. The second-order valence-electron chi connectivity index (χ2n) is 19.5. The Morgan fingerprint density at radius 2 is 0.655 bits per heavy atom. The van der Waals surface area contributed by atoms with E-state index in [1.807, 2.05) is 0 Å². The van der Waals surface area contributed by atoms with Gasteiger partial charge in [-0.3, -0.25) is 0 Å². The van der Waals surface area contributed by atoms with Gasteiger partial charge in [0.15, 0.2) is 0 Å². The predicted molar refractivity (Wildman–Crippen MR) is 248 cm³/mol. The smallest absolute Gasteiger partial charge is 0.492 e. The molecule has 6 nitrogen and oxygen atoms in total. The van der Waals surface area contributed by atoms with Crippen LogP contribution in [0.25, 0.3) is 21.5 Å². The molecule has 58 heavy (non-hydrogen) atoms. The number of hydrogen-bond acceptors (Lipinski definition) is 6. The molecule has 8 heteroatoms. The molecule has 2 heterocycles. The van der Waals surface area contributed by atoms with Crippen molar-refractivity contribution in [2.24, 2.45) is 0 Å². The molecular formula is C50H80B2O6. The summed E-state index contributed by atoms with van der Waals surface area (Å²) >= 11 is 0. The molecule has 2 aliphatic rings. The summed E-state index contributed by atoms with van der Waals surface area (Å²) in [6.45, 7) is 22.8. The van der Waals surface area contributed by atoms with Crippen LogP contribution in [0.15, 0.2) is 36.4 Å². The number of benzene rings is 3. The summed E-state index contributed by atoms with van der Waals surface area (Å²) in [6, 6.07) is 13.1. The number of rotatable bonds is 26. The zero-order valence-electron chi connectivity index (χ0n) is 38.6. The molecule has 0 bridgehead atoms. The quantitative estimate of drug-likeness (QED) is 0.0458. The fourth-order valence-corrected chi connectivity index (χ4v) is 8.28. The third kappa shape index (κ3) is 12.0. The van der Waals surface area contributed by atoms with Crippen molar-refractivity contribution in [1.29, 1.82) is 0 Å². The first-order valence-corrected chi connectivity index (χ1v) is 23.7. The van der Waals surface area contributed by atoms with E-state index >= 15 is 0 Å². The molecule has 0 amide bonds. The summed E-state index contributed by atoms with van der Waals surface area (Å²) < 4.78 is 40.0. The Bertz CT molecular complexity index is 1560. The van der Waals surface area contributed by atoms with E-state index in [9.17, 15) is 0 Å². The second-order valence-corrected chi connectivity index (χ2v) is 19.5. The molecule has 2 fully saturated rings. The first-order chi connectivity index (χ1) is 27.7. The molecule has 0 spiro atoms. The highest BCUT2D eigenvalue weighted by atomic mass is 16.7. The van der Waals surface area contributed by atoms with Crippen molar-refractivity contribution in [3.63, 3.8) is 0 Å². The van der Waals surface area contributed by atoms with Crippen LogP contribution in [-0.2, 0) is 18.6 Å². The Hall–Kier alpha value is -2.25. The third-order valence-electron chi connectivity index (χ3n) is 13.6. The lowest BCUT2D eigenvalue weighted by molar-refractivity contribution is 0.00578. The van der Waals surface area contributed by atoms with Gasteiger partial charge in [-0.05, 0) is 79.2 Å². The largest absolute Gasteiger partial charge is 0.494 e. The molecule has 0 aliphatic carbocycles. The Morgan fingerprint density at radius 3 is 0.948 bits per heavy atom. The van der Waals surface area contributed by atoms with Crippen molar-refractivity contribution in [2.75, 3.05) is 13.2 Å². The minimum Gasteiger partial charge on any atom is -0.492 e. The normalized spacial score (nSPS) is 18.2. The maximum atomic E-state index is 6.90. The third-order valence-corrected chi connectivity index (χ3v) is 13.6. The van der Waals surface area contributed by atoms with E-state index in [2.05, 4.69) is 106 Å². The Labute approximate surface area is 354 Å². The van der Waals surface area contributed by atoms with Crippen molar-refractivity contribution in [1.82, 2.24) is 0 Å². The maximum Gasteiger partial charge on any atom is 0.494 e. The van der Waals surface area contributed by atoms with Crippen molar-refractivity contribution in [2.45, 2.75) is 220 Å². The molecule has 0 N–H and O–H groups in total. The van der Waals surface area contributed by atoms with Crippen LogP contribution >= 0.6 is 0 Å². The fourth-order valence-electron chi connectivity index (χ4n) is 8.28. The minimum atomic E-state index is -0.471. The van der Waals surface area contributed by atoms with Crippen molar-refractivity contribution in [3.8, 4) is 11.5 Å². The van der Waals surface area contributed by atoms with E-state index < -0.39 is 36.6 Å². The Balaban J connectivity index is 1.42. The predicted octanol–water partition coefficient (Wildman–Crippen LogP) is 13.2. The van der Waals surface area contributed by atoms with Gasteiger partial charge in [0.1, 0.15) is 11.5 Å². The molecule has 3 aromatic carbocycles. The average Bonchev–Trinajstić information content (AvgIpc) is 3.54. The fraction of sp³-hybridized carbons (Fsp3) is 0.720. The first kappa shape index (κ1) is 46.8. The van der Waals surface area contributed by atoms with Gasteiger partial charge < -0.3 is 28.1 Å². The lowest BCUT2D eigenvalue weighted by atomic mass is 9.76. The van der Waals surface area contributed by atoms with Crippen LogP contribution in [0.1, 0.15) is 198 Å². The monoisotopic (exact) mass is 799 g/mol. The summed E-state index contributed by atoms with van der Waals surface area (Å²) in [7, 11) is -0.941. The van der Waals surface area contributed by atoms with Crippen LogP contribution in [0.2, 0.25) is 0 Å². The van der Waals surface area contributed by atoms with Crippen LogP contribution < -0.4 is 20.4 Å². The summed E-state index contributed by atoms with van der Waals surface area (Å²) in [6.07, 6.45) is 25.8. The van der Waals surface area contributed by atoms with Gasteiger partial charge in [0.05, 0.1) is 35.6 Å². The van der Waals surface area contributed by atoms with E-state index in [-0.39, 0.29) is 0 Å². The van der Waals surface area contributed by atoms with Crippen LogP contribution in [-0.4, -0.2) is 49.9 Å². The van der Waals surface area contributed by atoms with Gasteiger partial charge in [-0.2, -0.15) is 0 Å². The lowest BCUT2D eigenvalue weighted by Crippen LogP contribution is -2.41. The summed E-state index contributed by atoms with van der Waals surface area (Å²) in [5.41, 5.74) is 0.249. The van der Waals surface area contributed by atoms with Crippen molar-refractivity contribution < 1.29 is 28.1 Å². The molecule has 2 aliphatic heterocycles. The van der Waals surface area contributed by atoms with Crippen LogP contribution in [0.4, 0.5) is 0 Å². The molecule has 0 aromatic heterocycles. The highest BCUT2D eigenvalue weighted by Gasteiger charge is 2.53. The second kappa shape index (κ2) is 21.5. The number of ether oxygens (including phenoxy) is 2. The van der Waals surface area contributed by atoms with E-state index in [0.717, 1.165) is 56.8 Å². The lowest BCUT2D eigenvalue weighted by Gasteiger charge is -2.32. The topological polar surface area (TPSA) is 55.4 Å². The molecular weight excluding hydrogens is 718 g/mol. The SMILES string of the molecule is CCCCCCCCCCCCOc1c2ccc(B3OC(C)(C)C(C)(C)O3)cc2c(OCCCCCCCCCCCC)c2ccc(B3OC(C)(C)C(C)(C)O3)cc12. The van der Waals surface area contributed by atoms with Gasteiger partial charge >= 0.3 is 14.2 Å². The van der Waals surface area contributed by atoms with Gasteiger partial charge in [0.25, 0.3) is 0 Å². The number of fused-ring (bicyclic) bond motifs is 2. The minimum absolute atomic E-state index is 0.432. The van der Waals surface area contributed by atoms with E-state index in [4.69, 9.17) is 28.1 Å². The molecule has 322 valence electrons. The van der Waals surface area contributed by atoms with Gasteiger partial charge in [-0.15, -0.1) is 0 Å². The summed E-state index contributed by atoms with van der Waals surface area (Å²) in [5, 5.41) is 4.16. The zero-order valence-corrected chi connectivity index (χ0v) is 38.6. The first-order valence-electron chi connectivity index (χ1n) is 23.7. The average molecular weight is 799 g/mol. The summed E-state index contributed by atoms with van der Waals surface area (Å²) in [4.78, 5) is 0. The van der Waals surface area contributed by atoms with Gasteiger partial charge in [0, 0.05) is 21.5 Å². The molecule has 2 saturated heterocycles. The highest BCUT2D eigenvalue weighted by molar-refractivity contribution is 6.63.